The Kier molecular flexibility index (Phi) is 5.60. The molecular weight excluding hydrogens is 267 g/mol. The number of halogens is 3. The molecule has 1 amide bonds. The molecule has 0 saturated heterocycles. The fourth-order valence-corrected chi connectivity index (χ4v) is 2.17. The van der Waals surface area contributed by atoms with E-state index in [9.17, 15) is 18.0 Å². The van der Waals surface area contributed by atoms with Gasteiger partial charge in [0.1, 0.15) is 0 Å². The molecule has 0 unspecified atom stereocenters. The fraction of sp³-hybridized carbons (Fsp3) is 0.533. The van der Waals surface area contributed by atoms with Crippen LogP contribution in [0.2, 0.25) is 0 Å². The van der Waals surface area contributed by atoms with E-state index in [0.717, 1.165) is 12.5 Å². The van der Waals surface area contributed by atoms with Crippen molar-refractivity contribution in [3.8, 4) is 0 Å². The summed E-state index contributed by atoms with van der Waals surface area (Å²) < 4.78 is 39.4. The van der Waals surface area contributed by atoms with Gasteiger partial charge in [-0.2, -0.15) is 13.2 Å². The normalized spacial score (nSPS) is 11.5. The van der Waals surface area contributed by atoms with Gasteiger partial charge in [-0.25, -0.2) is 0 Å². The highest BCUT2D eigenvalue weighted by molar-refractivity contribution is 5.91. The lowest BCUT2D eigenvalue weighted by atomic mass is 10.0. The summed E-state index contributed by atoms with van der Waals surface area (Å²) in [6.07, 6.45) is -2.44. The van der Waals surface area contributed by atoms with Gasteiger partial charge >= 0.3 is 6.18 Å². The van der Waals surface area contributed by atoms with Gasteiger partial charge in [0, 0.05) is 19.2 Å². The van der Waals surface area contributed by atoms with Crippen molar-refractivity contribution in [1.82, 2.24) is 0 Å². The first-order valence-electron chi connectivity index (χ1n) is 6.79. The van der Waals surface area contributed by atoms with Gasteiger partial charge < -0.3 is 4.90 Å². The van der Waals surface area contributed by atoms with Crippen LogP contribution < -0.4 is 4.90 Å². The van der Waals surface area contributed by atoms with Gasteiger partial charge in [-0.05, 0) is 37.5 Å². The van der Waals surface area contributed by atoms with Crippen LogP contribution in [0, 0.1) is 0 Å². The van der Waals surface area contributed by atoms with Crippen molar-refractivity contribution >= 4 is 11.6 Å². The van der Waals surface area contributed by atoms with E-state index in [2.05, 4.69) is 0 Å². The van der Waals surface area contributed by atoms with Crippen molar-refractivity contribution < 1.29 is 18.0 Å². The van der Waals surface area contributed by atoms with E-state index in [1.54, 1.807) is 13.0 Å². The highest BCUT2D eigenvalue weighted by Gasteiger charge is 2.33. The Morgan fingerprint density at radius 2 is 1.90 bits per heavy atom. The molecule has 0 fully saturated rings. The van der Waals surface area contributed by atoms with Gasteiger partial charge in [-0.1, -0.05) is 19.4 Å². The minimum atomic E-state index is -4.39. The molecule has 0 N–H and O–H groups in total. The number of aryl methyl sites for hydroxylation is 1. The van der Waals surface area contributed by atoms with Crippen LogP contribution in [0.1, 0.15) is 44.7 Å². The number of hydrogen-bond acceptors (Lipinski definition) is 1. The van der Waals surface area contributed by atoms with Gasteiger partial charge in [-0.15, -0.1) is 0 Å². The number of carbonyl (C=O) groups excluding carboxylic acids is 1. The van der Waals surface area contributed by atoms with E-state index in [0.29, 0.717) is 30.6 Å². The zero-order valence-electron chi connectivity index (χ0n) is 12.0. The molecule has 0 aliphatic rings. The summed E-state index contributed by atoms with van der Waals surface area (Å²) in [5, 5.41) is 0. The van der Waals surface area contributed by atoms with E-state index < -0.39 is 11.7 Å². The second kappa shape index (κ2) is 6.77. The number of rotatable bonds is 5. The smallest absolute Gasteiger partial charge is 0.313 e. The lowest BCUT2D eigenvalue weighted by Crippen LogP contribution is -2.28. The number of carbonyl (C=O) groups is 1. The van der Waals surface area contributed by atoms with E-state index in [4.69, 9.17) is 0 Å². The van der Waals surface area contributed by atoms with Crippen LogP contribution >= 0.6 is 0 Å². The molecule has 0 aromatic heterocycles. The Morgan fingerprint density at radius 3 is 2.35 bits per heavy atom. The molecule has 1 aromatic carbocycles. The third-order valence-electron chi connectivity index (χ3n) is 3.21. The molecule has 112 valence electrons. The quantitative estimate of drug-likeness (QED) is 0.785. The average Bonchev–Trinajstić information content (AvgIpc) is 2.36. The standard InChI is InChI=1S/C15H20F3NO/c1-4-6-7-12-8-9-13(19(5-2)11(3)20)10-14(12)15(16,17)18/h8-10H,4-7H2,1-3H3. The highest BCUT2D eigenvalue weighted by Crippen LogP contribution is 2.35. The molecule has 0 atom stereocenters. The molecule has 0 saturated carbocycles. The maximum absolute atomic E-state index is 13.1. The minimum absolute atomic E-state index is 0.262. The summed E-state index contributed by atoms with van der Waals surface area (Å²) in [5.41, 5.74) is -0.0431. The second-order valence-corrected chi connectivity index (χ2v) is 4.71. The molecule has 0 aliphatic heterocycles. The summed E-state index contributed by atoms with van der Waals surface area (Å²) in [7, 11) is 0. The Bertz CT molecular complexity index is 469. The number of amides is 1. The van der Waals surface area contributed by atoms with Crippen LogP contribution in [0.25, 0.3) is 0 Å². The SMILES string of the molecule is CCCCc1ccc(N(CC)C(C)=O)cc1C(F)(F)F. The molecule has 5 heteroatoms. The largest absolute Gasteiger partial charge is 0.416 e. The van der Waals surface area contributed by atoms with Crippen LogP contribution in [0.3, 0.4) is 0 Å². The Hall–Kier alpha value is -1.52. The molecule has 2 nitrogen and oxygen atoms in total. The molecule has 1 aromatic rings. The zero-order valence-corrected chi connectivity index (χ0v) is 12.0. The minimum Gasteiger partial charge on any atom is -0.313 e. The molecular formula is C15H20F3NO. The van der Waals surface area contributed by atoms with E-state index in [-0.39, 0.29) is 5.91 Å². The van der Waals surface area contributed by atoms with Crippen LogP contribution in [0.5, 0.6) is 0 Å². The van der Waals surface area contributed by atoms with Crippen molar-refractivity contribution in [2.24, 2.45) is 0 Å². The predicted octanol–water partition coefficient (Wildman–Crippen LogP) is 4.42. The number of nitrogens with zero attached hydrogens (tertiary/aromatic N) is 1. The summed E-state index contributed by atoms with van der Waals surface area (Å²) in [4.78, 5) is 12.8. The lowest BCUT2D eigenvalue weighted by molar-refractivity contribution is -0.138. The monoisotopic (exact) mass is 287 g/mol. The van der Waals surface area contributed by atoms with E-state index in [1.165, 1.54) is 17.9 Å². The first kappa shape index (κ1) is 16.5. The van der Waals surface area contributed by atoms with Gasteiger partial charge in [0.2, 0.25) is 5.91 Å². The maximum atomic E-state index is 13.1. The average molecular weight is 287 g/mol. The molecule has 0 aliphatic carbocycles. The third-order valence-corrected chi connectivity index (χ3v) is 3.21. The van der Waals surface area contributed by atoms with Crippen LogP contribution in [-0.4, -0.2) is 12.5 Å². The summed E-state index contributed by atoms with van der Waals surface area (Å²) in [6.45, 7) is 5.37. The summed E-state index contributed by atoms with van der Waals surface area (Å²) in [6, 6.07) is 4.15. The molecule has 0 bridgehead atoms. The van der Waals surface area contributed by atoms with Gasteiger partial charge in [0.25, 0.3) is 0 Å². The van der Waals surface area contributed by atoms with Crippen LogP contribution in [0.15, 0.2) is 18.2 Å². The first-order valence-corrected chi connectivity index (χ1v) is 6.79. The lowest BCUT2D eigenvalue weighted by Gasteiger charge is -2.22. The van der Waals surface area contributed by atoms with E-state index >= 15 is 0 Å². The molecule has 20 heavy (non-hydrogen) atoms. The Morgan fingerprint density at radius 1 is 1.25 bits per heavy atom. The highest BCUT2D eigenvalue weighted by atomic mass is 19.4. The third kappa shape index (κ3) is 3.99. The van der Waals surface area contributed by atoms with Crippen molar-refractivity contribution in [1.29, 1.82) is 0 Å². The Labute approximate surface area is 117 Å². The van der Waals surface area contributed by atoms with Crippen LogP contribution in [0.4, 0.5) is 18.9 Å². The van der Waals surface area contributed by atoms with E-state index in [1.807, 2.05) is 6.92 Å². The van der Waals surface area contributed by atoms with Crippen molar-refractivity contribution in [3.05, 3.63) is 29.3 Å². The molecule has 1 rings (SSSR count). The predicted molar refractivity (Wildman–Crippen MR) is 73.8 cm³/mol. The zero-order chi connectivity index (χ0) is 15.3. The van der Waals surface area contributed by atoms with Gasteiger partial charge in [0.05, 0.1) is 5.56 Å². The van der Waals surface area contributed by atoms with Crippen LogP contribution in [-0.2, 0) is 17.4 Å². The number of unbranched alkanes of at least 4 members (excludes halogenated alkanes) is 1. The van der Waals surface area contributed by atoms with Gasteiger partial charge in [0.15, 0.2) is 0 Å². The maximum Gasteiger partial charge on any atom is 0.416 e. The molecule has 0 spiro atoms. The molecule has 0 radical (unpaired) electrons. The molecule has 0 heterocycles. The fourth-order valence-electron chi connectivity index (χ4n) is 2.17. The number of alkyl halides is 3. The second-order valence-electron chi connectivity index (χ2n) is 4.71. The topological polar surface area (TPSA) is 20.3 Å². The van der Waals surface area contributed by atoms with Crippen molar-refractivity contribution in [2.45, 2.75) is 46.2 Å². The number of anilines is 1. The van der Waals surface area contributed by atoms with Crippen molar-refractivity contribution in [3.63, 3.8) is 0 Å². The first-order chi connectivity index (χ1) is 9.31. The van der Waals surface area contributed by atoms with Crippen molar-refractivity contribution in [2.75, 3.05) is 11.4 Å². The summed E-state index contributed by atoms with van der Waals surface area (Å²) in [5.74, 6) is -0.262. The summed E-state index contributed by atoms with van der Waals surface area (Å²) >= 11 is 0. The number of hydrogen-bond donors (Lipinski definition) is 0. The van der Waals surface area contributed by atoms with Gasteiger partial charge in [-0.3, -0.25) is 4.79 Å². The number of benzene rings is 1. The Balaban J connectivity index is 3.23.